The van der Waals surface area contributed by atoms with Gasteiger partial charge in [0.2, 0.25) is 0 Å². The molecule has 0 fully saturated rings. The Kier molecular flexibility index (Phi) is 5.21. The first-order valence-corrected chi connectivity index (χ1v) is 8.10. The number of para-hydroxylation sites is 1. The van der Waals surface area contributed by atoms with Crippen molar-refractivity contribution in [3.63, 3.8) is 0 Å². The Morgan fingerprint density at radius 2 is 1.95 bits per heavy atom. The highest BCUT2D eigenvalue weighted by molar-refractivity contribution is 14.1. The zero-order valence-electron chi connectivity index (χ0n) is 11.9. The van der Waals surface area contributed by atoms with E-state index >= 15 is 0 Å². The highest BCUT2D eigenvalue weighted by Crippen LogP contribution is 2.20. The average Bonchev–Trinajstić information content (AvgIpc) is 2.75. The van der Waals surface area contributed by atoms with Gasteiger partial charge in [-0.15, -0.1) is 0 Å². The zero-order valence-corrected chi connectivity index (χ0v) is 14.1. The molecule has 0 bridgehead atoms. The smallest absolute Gasteiger partial charge is 0.131 e. The monoisotopic (exact) mass is 371 g/mol. The van der Waals surface area contributed by atoms with Crippen molar-refractivity contribution in [3.8, 4) is 0 Å². The van der Waals surface area contributed by atoms with E-state index in [2.05, 4.69) is 82.3 Å². The summed E-state index contributed by atoms with van der Waals surface area (Å²) in [5, 5.41) is 5.92. The lowest BCUT2D eigenvalue weighted by molar-refractivity contribution is 0.213. The van der Waals surface area contributed by atoms with Crippen LogP contribution in [-0.2, 0) is 6.54 Å². The van der Waals surface area contributed by atoms with Gasteiger partial charge in [-0.2, -0.15) is 5.10 Å². The molecule has 0 amide bonds. The third-order valence-corrected chi connectivity index (χ3v) is 4.60. The quantitative estimate of drug-likeness (QED) is 0.721. The van der Waals surface area contributed by atoms with Gasteiger partial charge in [-0.1, -0.05) is 32.0 Å². The summed E-state index contributed by atoms with van der Waals surface area (Å²) in [4.78, 5) is 2.50. The van der Waals surface area contributed by atoms with Gasteiger partial charge in [-0.25, -0.2) is 0 Å². The van der Waals surface area contributed by atoms with Gasteiger partial charge >= 0.3 is 0 Å². The fourth-order valence-corrected chi connectivity index (χ4v) is 3.31. The van der Waals surface area contributed by atoms with Crippen molar-refractivity contribution in [1.29, 1.82) is 0 Å². The first-order chi connectivity index (χ1) is 9.17. The van der Waals surface area contributed by atoms with Crippen LogP contribution in [0.3, 0.4) is 0 Å². The standard InChI is InChI=1S/C15H22IN3/c1-4-18(5-2)12(3)10-11-19-14-9-7-6-8-13(14)15(16)17-19/h6-9,12H,4-5,10-11H2,1-3H3. The summed E-state index contributed by atoms with van der Waals surface area (Å²) in [7, 11) is 0. The molecule has 0 saturated carbocycles. The summed E-state index contributed by atoms with van der Waals surface area (Å²) in [6.07, 6.45) is 1.14. The number of hydrogen-bond acceptors (Lipinski definition) is 2. The molecule has 0 aliphatic carbocycles. The van der Waals surface area contributed by atoms with E-state index in [1.54, 1.807) is 0 Å². The summed E-state index contributed by atoms with van der Waals surface area (Å²) >= 11 is 2.32. The van der Waals surface area contributed by atoms with Crippen LogP contribution in [0.4, 0.5) is 0 Å². The molecular weight excluding hydrogens is 349 g/mol. The number of aromatic nitrogens is 2. The van der Waals surface area contributed by atoms with Gasteiger partial charge in [0.15, 0.2) is 0 Å². The first-order valence-electron chi connectivity index (χ1n) is 7.02. The maximum absolute atomic E-state index is 4.66. The Morgan fingerprint density at radius 3 is 2.63 bits per heavy atom. The van der Waals surface area contributed by atoms with E-state index in [9.17, 15) is 0 Å². The van der Waals surface area contributed by atoms with Gasteiger partial charge in [-0.3, -0.25) is 4.68 Å². The van der Waals surface area contributed by atoms with Crippen molar-refractivity contribution in [2.75, 3.05) is 13.1 Å². The maximum Gasteiger partial charge on any atom is 0.131 e. The maximum atomic E-state index is 4.66. The second kappa shape index (κ2) is 6.70. The number of nitrogens with zero attached hydrogens (tertiary/aromatic N) is 3. The summed E-state index contributed by atoms with van der Waals surface area (Å²) < 4.78 is 3.25. The number of hydrogen-bond donors (Lipinski definition) is 0. The number of aryl methyl sites for hydroxylation is 1. The number of rotatable bonds is 6. The average molecular weight is 371 g/mol. The summed E-state index contributed by atoms with van der Waals surface area (Å²) in [5.41, 5.74) is 1.25. The van der Waals surface area contributed by atoms with Gasteiger partial charge < -0.3 is 4.90 Å². The number of benzene rings is 1. The molecule has 2 rings (SSSR count). The van der Waals surface area contributed by atoms with Gasteiger partial charge in [0.05, 0.1) is 5.52 Å². The Bertz CT molecular complexity index is 531. The van der Waals surface area contributed by atoms with Crippen LogP contribution in [0.25, 0.3) is 10.9 Å². The third-order valence-electron chi connectivity index (χ3n) is 3.81. The van der Waals surface area contributed by atoms with Crippen molar-refractivity contribution < 1.29 is 0 Å². The van der Waals surface area contributed by atoms with E-state index in [1.807, 2.05) is 0 Å². The molecule has 2 aromatic rings. The van der Waals surface area contributed by atoms with Crippen molar-refractivity contribution in [3.05, 3.63) is 28.0 Å². The van der Waals surface area contributed by atoms with E-state index in [0.717, 1.165) is 29.8 Å². The van der Waals surface area contributed by atoms with Crippen LogP contribution in [0.15, 0.2) is 24.3 Å². The lowest BCUT2D eigenvalue weighted by Gasteiger charge is -2.26. The van der Waals surface area contributed by atoms with Crippen LogP contribution in [0.1, 0.15) is 27.2 Å². The molecule has 3 nitrogen and oxygen atoms in total. The number of fused-ring (bicyclic) bond motifs is 1. The summed E-state index contributed by atoms with van der Waals surface area (Å²) in [6.45, 7) is 9.99. The SMILES string of the molecule is CCN(CC)C(C)CCn1nc(I)c2ccccc21. The Hall–Kier alpha value is -0.620. The number of halogens is 1. The van der Waals surface area contributed by atoms with Crippen LogP contribution in [-0.4, -0.2) is 33.8 Å². The molecule has 1 unspecified atom stereocenters. The second-order valence-electron chi connectivity index (χ2n) is 4.89. The molecule has 0 radical (unpaired) electrons. The van der Waals surface area contributed by atoms with Crippen LogP contribution in [0.5, 0.6) is 0 Å². The van der Waals surface area contributed by atoms with Gasteiger partial charge in [0, 0.05) is 18.0 Å². The van der Waals surface area contributed by atoms with Crippen LogP contribution in [0.2, 0.25) is 0 Å². The molecule has 0 saturated heterocycles. The van der Waals surface area contributed by atoms with Gasteiger partial charge in [-0.05, 0) is 55.1 Å². The third kappa shape index (κ3) is 3.28. The molecule has 0 spiro atoms. The van der Waals surface area contributed by atoms with Crippen molar-refractivity contribution in [2.24, 2.45) is 0 Å². The topological polar surface area (TPSA) is 21.1 Å². The molecule has 0 aliphatic rings. The Balaban J connectivity index is 2.10. The van der Waals surface area contributed by atoms with Crippen LogP contribution < -0.4 is 0 Å². The van der Waals surface area contributed by atoms with Crippen molar-refractivity contribution in [2.45, 2.75) is 39.8 Å². The van der Waals surface area contributed by atoms with E-state index in [0.29, 0.717) is 6.04 Å². The van der Waals surface area contributed by atoms with Gasteiger partial charge in [0.25, 0.3) is 0 Å². The van der Waals surface area contributed by atoms with Gasteiger partial charge in [0.1, 0.15) is 3.70 Å². The minimum Gasteiger partial charge on any atom is -0.301 e. The lowest BCUT2D eigenvalue weighted by Crippen LogP contribution is -2.33. The molecule has 1 atom stereocenters. The Labute approximate surface area is 129 Å². The van der Waals surface area contributed by atoms with E-state index < -0.39 is 0 Å². The normalized spacial score (nSPS) is 13.3. The fourth-order valence-electron chi connectivity index (χ4n) is 2.60. The molecule has 0 aliphatic heterocycles. The van der Waals surface area contributed by atoms with Crippen LogP contribution in [0, 0.1) is 3.70 Å². The Morgan fingerprint density at radius 1 is 1.26 bits per heavy atom. The predicted molar refractivity (Wildman–Crippen MR) is 89.5 cm³/mol. The van der Waals surface area contributed by atoms with Crippen molar-refractivity contribution >= 4 is 33.5 Å². The molecule has 1 aromatic heterocycles. The molecule has 4 heteroatoms. The van der Waals surface area contributed by atoms with E-state index in [4.69, 9.17) is 0 Å². The molecule has 0 N–H and O–H groups in total. The minimum absolute atomic E-state index is 0.607. The van der Waals surface area contributed by atoms with Crippen LogP contribution >= 0.6 is 22.6 Å². The molecule has 104 valence electrons. The molecule has 1 heterocycles. The highest BCUT2D eigenvalue weighted by atomic mass is 127. The predicted octanol–water partition coefficient (Wildman–Crippen LogP) is 3.76. The fraction of sp³-hybridized carbons (Fsp3) is 0.533. The lowest BCUT2D eigenvalue weighted by atomic mass is 10.2. The zero-order chi connectivity index (χ0) is 13.8. The minimum atomic E-state index is 0.607. The first kappa shape index (κ1) is 14.8. The molecule has 19 heavy (non-hydrogen) atoms. The van der Waals surface area contributed by atoms with Crippen molar-refractivity contribution in [1.82, 2.24) is 14.7 Å². The molecule has 1 aromatic carbocycles. The largest absolute Gasteiger partial charge is 0.301 e. The summed E-state index contributed by atoms with van der Waals surface area (Å²) in [6, 6.07) is 9.08. The summed E-state index contributed by atoms with van der Waals surface area (Å²) in [5.74, 6) is 0. The van der Waals surface area contributed by atoms with E-state index in [-0.39, 0.29) is 0 Å². The molecular formula is C15H22IN3. The van der Waals surface area contributed by atoms with E-state index in [1.165, 1.54) is 10.9 Å². The highest BCUT2D eigenvalue weighted by Gasteiger charge is 2.12. The second-order valence-corrected chi connectivity index (χ2v) is 5.91.